The first-order chi connectivity index (χ1) is 5.99. The number of amides is 1. The summed E-state index contributed by atoms with van der Waals surface area (Å²) in [6.45, 7) is 4.36. The van der Waals surface area contributed by atoms with E-state index in [0.29, 0.717) is 12.3 Å². The molecule has 1 unspecified atom stereocenters. The topological polar surface area (TPSA) is 69.1 Å². The molecule has 0 bridgehead atoms. The molecule has 0 aliphatic heterocycles. The second-order valence-electron chi connectivity index (χ2n) is 4.52. The van der Waals surface area contributed by atoms with Gasteiger partial charge >= 0.3 is 0 Å². The number of primary amides is 1. The van der Waals surface area contributed by atoms with E-state index < -0.39 is 0 Å². The van der Waals surface area contributed by atoms with Crippen molar-refractivity contribution >= 4 is 5.91 Å². The highest BCUT2D eigenvalue weighted by molar-refractivity contribution is 5.74. The number of rotatable bonds is 4. The second-order valence-corrected chi connectivity index (χ2v) is 4.52. The average Bonchev–Trinajstić information content (AvgIpc) is 1.79. The lowest BCUT2D eigenvalue weighted by Crippen LogP contribution is -2.51. The molecule has 0 radical (unpaired) electrons. The summed E-state index contributed by atoms with van der Waals surface area (Å²) in [7, 11) is 0. The van der Waals surface area contributed by atoms with Crippen molar-refractivity contribution in [1.29, 1.82) is 0 Å². The molecule has 1 aliphatic rings. The molecule has 3 heteroatoms. The van der Waals surface area contributed by atoms with Crippen LogP contribution in [0.4, 0.5) is 0 Å². The monoisotopic (exact) mass is 184 g/mol. The minimum absolute atomic E-state index is 0.0428. The van der Waals surface area contributed by atoms with Gasteiger partial charge in [-0.3, -0.25) is 4.79 Å². The molecule has 1 saturated carbocycles. The first-order valence-electron chi connectivity index (χ1n) is 5.03. The number of nitrogens with two attached hydrogens (primary N) is 2. The molecule has 1 atom stereocenters. The van der Waals surface area contributed by atoms with Gasteiger partial charge in [-0.05, 0) is 24.2 Å². The molecule has 1 amide bonds. The van der Waals surface area contributed by atoms with E-state index >= 15 is 0 Å². The van der Waals surface area contributed by atoms with Crippen molar-refractivity contribution in [3.63, 3.8) is 0 Å². The Morgan fingerprint density at radius 1 is 1.46 bits per heavy atom. The van der Waals surface area contributed by atoms with E-state index in [1.807, 2.05) is 0 Å². The van der Waals surface area contributed by atoms with Crippen molar-refractivity contribution in [2.75, 3.05) is 0 Å². The van der Waals surface area contributed by atoms with Crippen LogP contribution < -0.4 is 11.5 Å². The molecule has 4 N–H and O–H groups in total. The van der Waals surface area contributed by atoms with E-state index in [-0.39, 0.29) is 17.4 Å². The Hall–Kier alpha value is -0.570. The largest absolute Gasteiger partial charge is 0.370 e. The standard InChI is InChI=1S/C10H20N2O/c1-7(2)10(4-3-5-10)8(11)6-9(12)13/h7-8H,3-6,11H2,1-2H3,(H2,12,13). The molecule has 0 aromatic carbocycles. The van der Waals surface area contributed by atoms with E-state index in [0.717, 1.165) is 12.8 Å². The fourth-order valence-electron chi connectivity index (χ4n) is 2.38. The average molecular weight is 184 g/mol. The fourth-order valence-corrected chi connectivity index (χ4v) is 2.38. The quantitative estimate of drug-likeness (QED) is 0.684. The van der Waals surface area contributed by atoms with Gasteiger partial charge in [0.25, 0.3) is 0 Å². The van der Waals surface area contributed by atoms with Gasteiger partial charge in [-0.1, -0.05) is 20.3 Å². The summed E-state index contributed by atoms with van der Waals surface area (Å²) in [6.07, 6.45) is 3.88. The van der Waals surface area contributed by atoms with E-state index in [9.17, 15) is 4.79 Å². The van der Waals surface area contributed by atoms with Crippen LogP contribution in [0.3, 0.4) is 0 Å². The van der Waals surface area contributed by atoms with Gasteiger partial charge in [0.1, 0.15) is 0 Å². The summed E-state index contributed by atoms with van der Waals surface area (Å²) in [6, 6.07) is -0.0428. The summed E-state index contributed by atoms with van der Waals surface area (Å²) >= 11 is 0. The molecule has 1 rings (SSSR count). The van der Waals surface area contributed by atoms with Crippen LogP contribution in [0.5, 0.6) is 0 Å². The maximum Gasteiger partial charge on any atom is 0.218 e. The van der Waals surface area contributed by atoms with Crippen LogP contribution in [0.15, 0.2) is 0 Å². The summed E-state index contributed by atoms with van der Waals surface area (Å²) in [5, 5.41) is 0. The Kier molecular flexibility index (Phi) is 2.96. The van der Waals surface area contributed by atoms with Crippen LogP contribution >= 0.6 is 0 Å². The molecule has 0 aromatic heterocycles. The second kappa shape index (κ2) is 3.66. The van der Waals surface area contributed by atoms with Crippen molar-refractivity contribution in [2.24, 2.45) is 22.8 Å². The van der Waals surface area contributed by atoms with Gasteiger partial charge in [-0.15, -0.1) is 0 Å². The normalized spacial score (nSPS) is 22.5. The molecule has 76 valence electrons. The number of carbonyl (C=O) groups excluding carboxylic acids is 1. The third kappa shape index (κ3) is 1.85. The summed E-state index contributed by atoms with van der Waals surface area (Å²) in [4.78, 5) is 10.8. The van der Waals surface area contributed by atoms with Gasteiger partial charge in [0.05, 0.1) is 0 Å². The highest BCUT2D eigenvalue weighted by atomic mass is 16.1. The Bertz CT molecular complexity index is 197. The first kappa shape index (κ1) is 10.5. The number of hydrogen-bond donors (Lipinski definition) is 2. The highest BCUT2D eigenvalue weighted by Gasteiger charge is 2.44. The molecule has 0 spiro atoms. The van der Waals surface area contributed by atoms with Crippen molar-refractivity contribution in [2.45, 2.75) is 45.6 Å². The maximum absolute atomic E-state index is 10.8. The van der Waals surface area contributed by atoms with Gasteiger partial charge in [0.15, 0.2) is 0 Å². The Morgan fingerprint density at radius 3 is 2.23 bits per heavy atom. The van der Waals surface area contributed by atoms with Crippen molar-refractivity contribution in [3.8, 4) is 0 Å². The molecule has 13 heavy (non-hydrogen) atoms. The van der Waals surface area contributed by atoms with Gasteiger partial charge < -0.3 is 11.5 Å². The first-order valence-corrected chi connectivity index (χ1v) is 5.03. The zero-order valence-electron chi connectivity index (χ0n) is 8.55. The summed E-state index contributed by atoms with van der Waals surface area (Å²) < 4.78 is 0. The Morgan fingerprint density at radius 2 is 2.00 bits per heavy atom. The molecule has 1 fully saturated rings. The van der Waals surface area contributed by atoms with Gasteiger partial charge in [0.2, 0.25) is 5.91 Å². The third-order valence-corrected chi connectivity index (χ3v) is 3.59. The van der Waals surface area contributed by atoms with E-state index in [2.05, 4.69) is 13.8 Å². The lowest BCUT2D eigenvalue weighted by atomic mass is 9.57. The predicted octanol–water partition coefficient (Wildman–Crippen LogP) is 1.02. The summed E-state index contributed by atoms with van der Waals surface area (Å²) in [5.41, 5.74) is 11.4. The van der Waals surface area contributed by atoms with Crippen LogP contribution in [0.2, 0.25) is 0 Å². The van der Waals surface area contributed by atoms with Crippen LogP contribution in [0, 0.1) is 11.3 Å². The molecule has 0 heterocycles. The minimum atomic E-state index is -0.278. The Balaban J connectivity index is 2.60. The zero-order valence-corrected chi connectivity index (χ0v) is 8.55. The van der Waals surface area contributed by atoms with Crippen molar-refractivity contribution < 1.29 is 4.79 Å². The van der Waals surface area contributed by atoms with Crippen molar-refractivity contribution in [1.82, 2.24) is 0 Å². The smallest absolute Gasteiger partial charge is 0.218 e. The maximum atomic E-state index is 10.8. The molecule has 3 nitrogen and oxygen atoms in total. The predicted molar refractivity (Wildman–Crippen MR) is 52.9 cm³/mol. The van der Waals surface area contributed by atoms with E-state index in [1.54, 1.807) is 0 Å². The lowest BCUT2D eigenvalue weighted by molar-refractivity contribution is -0.119. The molecule has 0 saturated heterocycles. The van der Waals surface area contributed by atoms with Crippen molar-refractivity contribution in [3.05, 3.63) is 0 Å². The van der Waals surface area contributed by atoms with Crippen LogP contribution in [0.25, 0.3) is 0 Å². The zero-order chi connectivity index (χ0) is 10.1. The van der Waals surface area contributed by atoms with E-state index in [1.165, 1.54) is 6.42 Å². The third-order valence-electron chi connectivity index (χ3n) is 3.59. The highest BCUT2D eigenvalue weighted by Crippen LogP contribution is 2.49. The van der Waals surface area contributed by atoms with Crippen LogP contribution in [-0.4, -0.2) is 11.9 Å². The molecule has 0 aromatic rings. The molecule has 1 aliphatic carbocycles. The van der Waals surface area contributed by atoms with Crippen LogP contribution in [0.1, 0.15) is 39.5 Å². The molecular weight excluding hydrogens is 164 g/mol. The SMILES string of the molecule is CC(C)C1(C(N)CC(N)=O)CCC1. The van der Waals surface area contributed by atoms with Gasteiger partial charge in [-0.25, -0.2) is 0 Å². The van der Waals surface area contributed by atoms with Gasteiger partial charge in [-0.2, -0.15) is 0 Å². The van der Waals surface area contributed by atoms with E-state index in [4.69, 9.17) is 11.5 Å². The van der Waals surface area contributed by atoms with Crippen LogP contribution in [-0.2, 0) is 4.79 Å². The fraction of sp³-hybridized carbons (Fsp3) is 0.900. The number of carbonyl (C=O) groups is 1. The number of hydrogen-bond acceptors (Lipinski definition) is 2. The molecular formula is C10H20N2O. The van der Waals surface area contributed by atoms with Gasteiger partial charge in [0, 0.05) is 12.5 Å². The lowest BCUT2D eigenvalue weighted by Gasteiger charge is -2.49. The Labute approximate surface area is 79.9 Å². The minimum Gasteiger partial charge on any atom is -0.370 e. The summed E-state index contributed by atoms with van der Waals surface area (Å²) in [5.74, 6) is 0.273.